The van der Waals surface area contributed by atoms with Gasteiger partial charge in [-0.2, -0.15) is 0 Å². The topological polar surface area (TPSA) is 138 Å². The summed E-state index contributed by atoms with van der Waals surface area (Å²) in [5, 5.41) is 23.2. The first-order valence-electron chi connectivity index (χ1n) is 4.14. The number of carbonyl (C=O) groups excluding carboxylic acids is 4. The summed E-state index contributed by atoms with van der Waals surface area (Å²) in [6.07, 6.45) is 0. The summed E-state index contributed by atoms with van der Waals surface area (Å²) in [6, 6.07) is 0. The van der Waals surface area contributed by atoms with Gasteiger partial charge in [0.05, 0.1) is 25.0 Å². The standard InChI is InChI=1S/2C4H7NO3.Ni/c2*1-3(6)5-2-4(7)8;/h2*2H2,1H3,(H,5,6)(H,7,8);/q;;+2/p-2. The summed E-state index contributed by atoms with van der Waals surface area (Å²) in [6.45, 7) is 1.66. The van der Waals surface area contributed by atoms with Crippen molar-refractivity contribution in [3.05, 3.63) is 0 Å². The van der Waals surface area contributed by atoms with Crippen molar-refractivity contribution in [2.45, 2.75) is 13.8 Å². The summed E-state index contributed by atoms with van der Waals surface area (Å²) < 4.78 is 0. The number of hydrogen-bond acceptors (Lipinski definition) is 6. The van der Waals surface area contributed by atoms with Crippen molar-refractivity contribution in [2.24, 2.45) is 0 Å². The third-order valence-electron chi connectivity index (χ3n) is 0.963. The van der Waals surface area contributed by atoms with Crippen LogP contribution in [-0.2, 0) is 35.7 Å². The monoisotopic (exact) mass is 290 g/mol. The van der Waals surface area contributed by atoms with Crippen molar-refractivity contribution in [3.63, 3.8) is 0 Å². The van der Waals surface area contributed by atoms with Gasteiger partial charge in [-0.3, -0.25) is 9.59 Å². The number of carboxylic acids is 2. The van der Waals surface area contributed by atoms with E-state index in [1.807, 2.05) is 10.6 Å². The largest absolute Gasteiger partial charge is 2.00 e. The van der Waals surface area contributed by atoms with Crippen LogP contribution in [0.5, 0.6) is 0 Å². The number of rotatable bonds is 4. The van der Waals surface area contributed by atoms with Gasteiger partial charge >= 0.3 is 16.5 Å². The predicted octanol–water partition coefficient (Wildman–Crippen LogP) is -4.26. The second-order valence-corrected chi connectivity index (χ2v) is 2.56. The summed E-state index contributed by atoms with van der Waals surface area (Å²) in [5.41, 5.74) is 0. The number of hydrogen-bond donors (Lipinski definition) is 2. The van der Waals surface area contributed by atoms with Crippen LogP contribution in [0.15, 0.2) is 0 Å². The molecule has 2 amide bonds. The van der Waals surface area contributed by atoms with E-state index in [9.17, 15) is 29.4 Å². The maximum atomic E-state index is 9.95. The zero-order chi connectivity index (χ0) is 13.1. The fraction of sp³-hybridized carbons (Fsp3) is 0.500. The number of aliphatic carboxylic acids is 2. The molecule has 0 aliphatic heterocycles. The summed E-state index contributed by atoms with van der Waals surface area (Å²) >= 11 is 0. The fourth-order valence-corrected chi connectivity index (χ4v) is 0.393. The maximum Gasteiger partial charge on any atom is 2.00 e. The van der Waals surface area contributed by atoms with Gasteiger partial charge in [0, 0.05) is 13.8 Å². The molecule has 0 atom stereocenters. The molecule has 0 aliphatic rings. The van der Waals surface area contributed by atoms with Gasteiger partial charge in [-0.25, -0.2) is 0 Å². The molecule has 0 aromatic rings. The van der Waals surface area contributed by atoms with E-state index in [1.54, 1.807) is 0 Å². The Morgan fingerprint density at radius 1 is 0.824 bits per heavy atom. The average molecular weight is 291 g/mol. The first kappa shape index (κ1) is 20.7. The van der Waals surface area contributed by atoms with Crippen molar-refractivity contribution >= 4 is 23.8 Å². The van der Waals surface area contributed by atoms with Crippen LogP contribution in [0, 0.1) is 0 Å². The third kappa shape index (κ3) is 31.4. The summed E-state index contributed by atoms with van der Waals surface area (Å²) in [4.78, 5) is 39.0. The van der Waals surface area contributed by atoms with Crippen molar-refractivity contribution in [1.29, 1.82) is 0 Å². The number of nitrogens with one attached hydrogen (secondary N) is 2. The predicted molar refractivity (Wildman–Crippen MR) is 47.4 cm³/mol. The Morgan fingerprint density at radius 3 is 1.12 bits per heavy atom. The molecule has 17 heavy (non-hydrogen) atoms. The van der Waals surface area contributed by atoms with Gasteiger partial charge < -0.3 is 30.4 Å². The van der Waals surface area contributed by atoms with E-state index in [2.05, 4.69) is 0 Å². The second kappa shape index (κ2) is 12.4. The van der Waals surface area contributed by atoms with Crippen molar-refractivity contribution < 1.29 is 45.9 Å². The van der Waals surface area contributed by atoms with Crippen LogP contribution in [0.25, 0.3) is 0 Å². The molecule has 0 aliphatic carbocycles. The van der Waals surface area contributed by atoms with Crippen LogP contribution < -0.4 is 20.8 Å². The van der Waals surface area contributed by atoms with E-state index in [0.717, 1.165) is 0 Å². The first-order chi connectivity index (χ1) is 7.25. The average Bonchev–Trinajstić information content (AvgIpc) is 2.12. The molecule has 100 valence electrons. The van der Waals surface area contributed by atoms with Crippen molar-refractivity contribution in [2.75, 3.05) is 13.1 Å². The van der Waals surface area contributed by atoms with Gasteiger partial charge in [-0.1, -0.05) is 0 Å². The van der Waals surface area contributed by atoms with Gasteiger partial charge in [0.2, 0.25) is 11.8 Å². The molecule has 0 fully saturated rings. The Bertz CT molecular complexity index is 225. The molecule has 0 saturated carbocycles. The normalized spacial score (nSPS) is 7.65. The minimum Gasteiger partial charge on any atom is -0.548 e. The van der Waals surface area contributed by atoms with E-state index >= 15 is 0 Å². The maximum absolute atomic E-state index is 9.95. The van der Waals surface area contributed by atoms with E-state index in [4.69, 9.17) is 0 Å². The van der Waals surface area contributed by atoms with Gasteiger partial charge in [-0.05, 0) is 0 Å². The molecule has 0 saturated heterocycles. The molecule has 0 heterocycles. The number of amides is 2. The Labute approximate surface area is 108 Å². The molecule has 0 aromatic heterocycles. The molecule has 0 spiro atoms. The quantitative estimate of drug-likeness (QED) is 0.503. The Morgan fingerprint density at radius 2 is 1.06 bits per heavy atom. The molecule has 0 bridgehead atoms. The van der Waals surface area contributed by atoms with Crippen LogP contribution in [0.2, 0.25) is 0 Å². The molecule has 0 radical (unpaired) electrons. The SMILES string of the molecule is CC(=O)NCC(=O)[O-].CC(=O)NCC(=O)[O-].[Ni+2]. The summed E-state index contributed by atoms with van der Waals surface area (Å²) in [7, 11) is 0. The Balaban J connectivity index is -0.000000218. The minimum atomic E-state index is -1.28. The number of carbonyl (C=O) groups is 4. The van der Waals surface area contributed by atoms with Crippen molar-refractivity contribution in [1.82, 2.24) is 10.6 Å². The van der Waals surface area contributed by atoms with Crippen LogP contribution in [0.3, 0.4) is 0 Å². The van der Waals surface area contributed by atoms with Crippen LogP contribution in [-0.4, -0.2) is 36.8 Å². The third-order valence-corrected chi connectivity index (χ3v) is 0.963. The van der Waals surface area contributed by atoms with Gasteiger partial charge in [0.1, 0.15) is 0 Å². The van der Waals surface area contributed by atoms with Crippen LogP contribution >= 0.6 is 0 Å². The molecule has 0 rings (SSSR count). The first-order valence-corrected chi connectivity index (χ1v) is 4.14. The fourth-order valence-electron chi connectivity index (χ4n) is 0.393. The van der Waals surface area contributed by atoms with E-state index < -0.39 is 25.0 Å². The van der Waals surface area contributed by atoms with Crippen molar-refractivity contribution in [3.8, 4) is 0 Å². The van der Waals surface area contributed by atoms with Crippen LogP contribution in [0.4, 0.5) is 0 Å². The molecule has 2 N–H and O–H groups in total. The smallest absolute Gasteiger partial charge is 0.548 e. The molecule has 0 aromatic carbocycles. The number of carboxylic acid groups (broad SMARTS) is 2. The molecule has 0 unspecified atom stereocenters. The van der Waals surface area contributed by atoms with Gasteiger partial charge in [-0.15, -0.1) is 0 Å². The Hall–Kier alpha value is -1.63. The van der Waals surface area contributed by atoms with E-state index in [0.29, 0.717) is 0 Å². The zero-order valence-corrected chi connectivity index (χ0v) is 10.2. The second-order valence-electron chi connectivity index (χ2n) is 2.56. The molecular weight excluding hydrogens is 279 g/mol. The van der Waals surface area contributed by atoms with E-state index in [1.165, 1.54) is 13.8 Å². The minimum absolute atomic E-state index is 0. The molecular formula is C8H12N2NiO6. The molecule has 9 heteroatoms. The van der Waals surface area contributed by atoms with Gasteiger partial charge in [0.15, 0.2) is 0 Å². The Kier molecular flexibility index (Phi) is 15.2. The zero-order valence-electron chi connectivity index (χ0n) is 9.18. The van der Waals surface area contributed by atoms with Gasteiger partial charge in [0.25, 0.3) is 0 Å². The molecule has 8 nitrogen and oxygen atoms in total. The summed E-state index contributed by atoms with van der Waals surface area (Å²) in [5.74, 6) is -3.29. The van der Waals surface area contributed by atoms with E-state index in [-0.39, 0.29) is 28.3 Å². The van der Waals surface area contributed by atoms with Crippen LogP contribution in [0.1, 0.15) is 13.8 Å².